The van der Waals surface area contributed by atoms with Gasteiger partial charge in [0.05, 0.1) is 21.2 Å². The van der Waals surface area contributed by atoms with Gasteiger partial charge in [-0.15, -0.1) is 0 Å². The first-order valence-electron chi connectivity index (χ1n) is 5.03. The second kappa shape index (κ2) is 4.14. The number of furan rings is 1. The predicted molar refractivity (Wildman–Crippen MR) is 61.5 cm³/mol. The topological polar surface area (TPSA) is 47.3 Å². The largest absolute Gasteiger partial charge is 0.475 e. The van der Waals surface area contributed by atoms with E-state index in [2.05, 4.69) is 6.55 Å². The number of hydrogen-bond acceptors (Lipinski definition) is 3. The molecule has 1 rings (SSSR count). The zero-order valence-corrected chi connectivity index (χ0v) is 11.0. The van der Waals surface area contributed by atoms with Crippen molar-refractivity contribution in [2.24, 2.45) is 0 Å². The summed E-state index contributed by atoms with van der Waals surface area (Å²) in [6.07, 6.45) is 1.56. The van der Waals surface area contributed by atoms with Crippen LogP contribution in [0.3, 0.4) is 0 Å². The van der Waals surface area contributed by atoms with E-state index >= 15 is 0 Å². The van der Waals surface area contributed by atoms with Crippen LogP contribution in [0.2, 0.25) is 6.55 Å². The molecule has 0 aromatic carbocycles. The van der Waals surface area contributed by atoms with Gasteiger partial charge in [-0.05, 0) is 26.8 Å². The number of ketones is 2. The van der Waals surface area contributed by atoms with E-state index in [1.807, 2.05) is 0 Å². The van der Waals surface area contributed by atoms with Crippen molar-refractivity contribution in [3.05, 3.63) is 17.9 Å². The second-order valence-electron chi connectivity index (χ2n) is 3.85. The van der Waals surface area contributed by atoms with Gasteiger partial charge in [0.15, 0.2) is 0 Å². The summed E-state index contributed by atoms with van der Waals surface area (Å²) in [7, 11) is -0.510. The maximum atomic E-state index is 11.6. The van der Waals surface area contributed by atoms with Gasteiger partial charge in [0.1, 0.15) is 17.0 Å². The molecule has 0 unspecified atom stereocenters. The lowest BCUT2D eigenvalue weighted by Gasteiger charge is -2.23. The fraction of sp³-hybridized carbons (Fsp3) is 0.455. The van der Waals surface area contributed by atoms with Crippen molar-refractivity contribution in [2.45, 2.75) is 32.7 Å². The molecule has 0 saturated heterocycles. The first-order chi connectivity index (χ1) is 6.94. The summed E-state index contributed by atoms with van der Waals surface area (Å²) in [5, 5.41) is 0.850. The van der Waals surface area contributed by atoms with Crippen molar-refractivity contribution in [2.75, 3.05) is 0 Å². The Morgan fingerprint density at radius 1 is 1.33 bits per heavy atom. The summed E-state index contributed by atoms with van der Waals surface area (Å²) in [4.78, 5) is 23.3. The van der Waals surface area contributed by atoms with Gasteiger partial charge < -0.3 is 4.42 Å². The highest BCUT2D eigenvalue weighted by molar-refractivity contribution is 6.51. The van der Waals surface area contributed by atoms with Gasteiger partial charge in [-0.25, -0.2) is 0 Å². The Morgan fingerprint density at radius 3 is 2.27 bits per heavy atom. The van der Waals surface area contributed by atoms with E-state index in [4.69, 9.17) is 4.42 Å². The Bertz CT molecular complexity index is 378. The number of Topliss-reactive ketones (excluding diaryl/α,β-unsaturated/α-hetero) is 2. The monoisotopic (exact) mass is 224 g/mol. The summed E-state index contributed by atoms with van der Waals surface area (Å²) in [5.41, 5.74) is -0.262. The molecular weight excluding hydrogens is 208 g/mol. The quantitative estimate of drug-likeness (QED) is 0.554. The van der Waals surface area contributed by atoms with E-state index in [1.165, 1.54) is 13.8 Å². The zero-order chi connectivity index (χ0) is 11.6. The molecule has 82 valence electrons. The van der Waals surface area contributed by atoms with Crippen LogP contribution in [-0.4, -0.2) is 21.1 Å². The van der Waals surface area contributed by atoms with Gasteiger partial charge >= 0.3 is 0 Å². The Morgan fingerprint density at radius 2 is 1.87 bits per heavy atom. The van der Waals surface area contributed by atoms with E-state index in [-0.39, 0.29) is 11.6 Å². The number of carbonyl (C=O) groups is 2. The molecule has 0 atom stereocenters. The molecule has 0 N–H and O–H groups in total. The first kappa shape index (κ1) is 11.9. The molecule has 0 aliphatic heterocycles. The lowest BCUT2D eigenvalue weighted by atomic mass is 9.77. The van der Waals surface area contributed by atoms with Crippen molar-refractivity contribution >= 4 is 26.5 Å². The molecule has 0 aliphatic rings. The van der Waals surface area contributed by atoms with E-state index in [9.17, 15) is 9.59 Å². The average Bonchev–Trinajstić information content (AvgIpc) is 2.63. The highest BCUT2D eigenvalue weighted by atomic mass is 28.2. The summed E-state index contributed by atoms with van der Waals surface area (Å²) < 4.78 is 5.32. The third-order valence-electron chi connectivity index (χ3n) is 3.01. The molecule has 15 heavy (non-hydrogen) atoms. The number of hydrogen-bond donors (Lipinski definition) is 0. The van der Waals surface area contributed by atoms with Gasteiger partial charge in [-0.1, -0.05) is 6.55 Å². The van der Waals surface area contributed by atoms with Gasteiger partial charge in [-0.2, -0.15) is 0 Å². The standard InChI is InChI=1S/C11H16O3Si/c1-7(12)11(3,8(2)13)9-5-6-14-10(9)15-4/h5-6H,15H2,1-4H3. The molecular formula is C11H16O3Si. The maximum absolute atomic E-state index is 11.6. The van der Waals surface area contributed by atoms with E-state index in [0.29, 0.717) is 0 Å². The molecule has 0 spiro atoms. The van der Waals surface area contributed by atoms with Crippen molar-refractivity contribution in [1.82, 2.24) is 0 Å². The van der Waals surface area contributed by atoms with Crippen molar-refractivity contribution in [3.8, 4) is 0 Å². The minimum absolute atomic E-state index is 0.125. The van der Waals surface area contributed by atoms with Crippen LogP contribution < -0.4 is 5.38 Å². The zero-order valence-electron chi connectivity index (χ0n) is 9.59. The van der Waals surface area contributed by atoms with Crippen LogP contribution in [0, 0.1) is 0 Å². The van der Waals surface area contributed by atoms with Crippen LogP contribution in [0.25, 0.3) is 0 Å². The summed E-state index contributed by atoms with van der Waals surface area (Å²) in [5.74, 6) is -0.250. The predicted octanol–water partition coefficient (Wildman–Crippen LogP) is 0.557. The minimum Gasteiger partial charge on any atom is -0.475 e. The van der Waals surface area contributed by atoms with E-state index in [0.717, 1.165) is 10.9 Å². The lowest BCUT2D eigenvalue weighted by molar-refractivity contribution is -0.132. The van der Waals surface area contributed by atoms with Crippen LogP contribution in [0.15, 0.2) is 16.7 Å². The van der Waals surface area contributed by atoms with Gasteiger partial charge in [0.2, 0.25) is 0 Å². The second-order valence-corrected chi connectivity index (χ2v) is 5.20. The average molecular weight is 224 g/mol. The smallest absolute Gasteiger partial charge is 0.147 e. The minimum atomic E-state index is -1.02. The molecule has 0 bridgehead atoms. The van der Waals surface area contributed by atoms with Crippen LogP contribution in [-0.2, 0) is 15.0 Å². The van der Waals surface area contributed by atoms with E-state index < -0.39 is 14.9 Å². The number of rotatable bonds is 4. The van der Waals surface area contributed by atoms with Gasteiger partial charge in [0, 0.05) is 5.56 Å². The van der Waals surface area contributed by atoms with Crippen LogP contribution in [0.1, 0.15) is 26.3 Å². The number of carbonyl (C=O) groups excluding carboxylic acids is 2. The molecule has 0 fully saturated rings. The summed E-state index contributed by atoms with van der Waals surface area (Å²) >= 11 is 0. The van der Waals surface area contributed by atoms with Crippen LogP contribution in [0.5, 0.6) is 0 Å². The summed E-state index contributed by atoms with van der Waals surface area (Å²) in [6, 6.07) is 1.74. The molecule has 0 saturated carbocycles. The molecule has 0 amide bonds. The molecule has 3 nitrogen and oxygen atoms in total. The van der Waals surface area contributed by atoms with Crippen molar-refractivity contribution < 1.29 is 14.0 Å². The molecule has 1 aromatic heterocycles. The maximum Gasteiger partial charge on any atom is 0.147 e. The van der Waals surface area contributed by atoms with Crippen LogP contribution in [0.4, 0.5) is 0 Å². The highest BCUT2D eigenvalue weighted by Gasteiger charge is 2.39. The van der Waals surface area contributed by atoms with Gasteiger partial charge in [-0.3, -0.25) is 9.59 Å². The fourth-order valence-corrected chi connectivity index (χ4v) is 2.80. The Hall–Kier alpha value is -1.16. The first-order valence-corrected chi connectivity index (χ1v) is 7.15. The highest BCUT2D eigenvalue weighted by Crippen LogP contribution is 2.25. The van der Waals surface area contributed by atoms with Crippen molar-refractivity contribution in [1.29, 1.82) is 0 Å². The SMILES string of the molecule is C[SiH2]c1occc1C(C)(C(C)=O)C(C)=O. The Balaban J connectivity index is 3.34. The summed E-state index contributed by atoms with van der Waals surface area (Å²) in [6.45, 7) is 6.66. The third kappa shape index (κ3) is 1.81. The Labute approximate surface area is 91.7 Å². The van der Waals surface area contributed by atoms with Crippen molar-refractivity contribution in [3.63, 3.8) is 0 Å². The molecule has 1 aromatic rings. The van der Waals surface area contributed by atoms with Crippen LogP contribution >= 0.6 is 0 Å². The Kier molecular flexibility index (Phi) is 3.29. The molecule has 1 heterocycles. The third-order valence-corrected chi connectivity index (χ3v) is 4.20. The normalized spacial score (nSPS) is 12.3. The molecule has 0 radical (unpaired) electrons. The fourth-order valence-electron chi connectivity index (χ4n) is 1.69. The lowest BCUT2D eigenvalue weighted by Crippen LogP contribution is -2.41. The van der Waals surface area contributed by atoms with E-state index in [1.54, 1.807) is 19.3 Å². The van der Waals surface area contributed by atoms with Gasteiger partial charge in [0.25, 0.3) is 0 Å². The molecule has 0 aliphatic carbocycles. The molecule has 4 heteroatoms.